The zero-order chi connectivity index (χ0) is 36.7. The number of carbonyl (C=O) groups is 5. The molecule has 1 aromatic rings. The Bertz CT molecular complexity index is 1210. The fraction of sp³-hybridized carbons (Fsp3) is 0.621. The Kier molecular flexibility index (Phi) is 16.8. The molecule has 0 saturated carbocycles. The van der Waals surface area contributed by atoms with E-state index in [9.17, 15) is 50.6 Å². The van der Waals surface area contributed by atoms with Gasteiger partial charge in [0.15, 0.2) is 0 Å². The lowest BCUT2D eigenvalue weighted by atomic mass is 9.88. The lowest BCUT2D eigenvalue weighted by Crippen LogP contribution is -2.60. The number of carboxylic acids is 2. The van der Waals surface area contributed by atoms with Crippen molar-refractivity contribution in [3.05, 3.63) is 35.9 Å². The van der Waals surface area contributed by atoms with E-state index < -0.39 is 78.5 Å². The average molecular weight is 701 g/mol. The predicted octanol–water partition coefficient (Wildman–Crippen LogP) is 1.43. The van der Waals surface area contributed by atoms with Crippen molar-refractivity contribution in [1.29, 1.82) is 0 Å². The van der Waals surface area contributed by atoms with Crippen molar-refractivity contribution in [1.82, 2.24) is 15.5 Å². The number of likely N-dealkylation sites (tertiary alicyclic amines) is 1. The quantitative estimate of drug-likeness (QED) is 0.103. The molecule has 48 heavy (non-hydrogen) atoms. The van der Waals surface area contributed by atoms with Gasteiger partial charge in [-0.05, 0) is 63.5 Å². The van der Waals surface area contributed by atoms with Gasteiger partial charge in [0.05, 0.1) is 6.04 Å². The number of nitrogens with one attached hydrogen (secondary N) is 2. The number of benzene rings is 1. The van der Waals surface area contributed by atoms with Gasteiger partial charge in [-0.1, -0.05) is 30.3 Å². The molecule has 0 aliphatic carbocycles. The fourth-order valence-electron chi connectivity index (χ4n) is 4.60. The van der Waals surface area contributed by atoms with Crippen LogP contribution in [0.15, 0.2) is 30.3 Å². The predicted molar refractivity (Wildman–Crippen MR) is 159 cm³/mol. The molecule has 1 saturated heterocycles. The number of nitrogens with two attached hydrogens (primary N) is 3. The van der Waals surface area contributed by atoms with E-state index >= 15 is 0 Å². The van der Waals surface area contributed by atoms with Crippen LogP contribution in [-0.4, -0.2) is 100 Å². The van der Waals surface area contributed by atoms with E-state index in [-0.39, 0.29) is 45.2 Å². The number of rotatable bonds is 15. The summed E-state index contributed by atoms with van der Waals surface area (Å²) in [5.74, 6) is -5.91. The Morgan fingerprint density at radius 3 is 1.85 bits per heavy atom. The van der Waals surface area contributed by atoms with Crippen LogP contribution in [0.2, 0.25) is 0 Å². The third-order valence-corrected chi connectivity index (χ3v) is 7.42. The van der Waals surface area contributed by atoms with E-state index in [1.54, 1.807) is 30.3 Å². The zero-order valence-electron chi connectivity index (χ0n) is 26.0. The number of hydrogen-bond donors (Lipinski definition) is 7. The van der Waals surface area contributed by atoms with Crippen molar-refractivity contribution in [2.75, 3.05) is 19.6 Å². The third-order valence-electron chi connectivity index (χ3n) is 7.42. The van der Waals surface area contributed by atoms with Gasteiger partial charge in [0.2, 0.25) is 17.7 Å². The standard InChI is InChI=1S/C27H41F3N6O5.C2HF3O2/c28-27(29,30)11-6-10-20(34-22(37)19(32)17-18-7-2-1-3-8-18)23(38)35-21(9-4-5-14-31)24(39)36-15-12-26(33,13-16-36)25(40)41;3-2(4,5)1(6)7/h1-3,7-8,19-21H,4-6,9-17,31-33H2,(H,34,37)(H,35,38)(H,40,41);(H,6,7). The van der Waals surface area contributed by atoms with Gasteiger partial charge in [0, 0.05) is 19.5 Å². The largest absolute Gasteiger partial charge is 0.490 e. The fourth-order valence-corrected chi connectivity index (χ4v) is 4.60. The number of carbonyl (C=O) groups excluding carboxylic acids is 3. The first-order valence-electron chi connectivity index (χ1n) is 15.0. The Balaban J connectivity index is 0.00000148. The summed E-state index contributed by atoms with van der Waals surface area (Å²) >= 11 is 0. The summed E-state index contributed by atoms with van der Waals surface area (Å²) in [7, 11) is 0. The van der Waals surface area contributed by atoms with Gasteiger partial charge in [-0.3, -0.25) is 19.2 Å². The van der Waals surface area contributed by atoms with Crippen LogP contribution >= 0.6 is 0 Å². The molecule has 3 unspecified atom stereocenters. The van der Waals surface area contributed by atoms with Crippen LogP contribution in [0.3, 0.4) is 0 Å². The van der Waals surface area contributed by atoms with Gasteiger partial charge < -0.3 is 42.9 Å². The Morgan fingerprint density at radius 1 is 0.854 bits per heavy atom. The van der Waals surface area contributed by atoms with E-state index in [4.69, 9.17) is 27.1 Å². The lowest BCUT2D eigenvalue weighted by Gasteiger charge is -2.38. The van der Waals surface area contributed by atoms with Gasteiger partial charge in [0.25, 0.3) is 0 Å². The highest BCUT2D eigenvalue weighted by molar-refractivity contribution is 5.93. The Hall–Kier alpha value is -3.97. The number of hydrogen-bond acceptors (Lipinski definition) is 8. The number of amides is 3. The monoisotopic (exact) mass is 700 g/mol. The number of carboxylic acid groups (broad SMARTS) is 2. The molecule has 19 heteroatoms. The number of aliphatic carboxylic acids is 2. The van der Waals surface area contributed by atoms with Crippen LogP contribution in [0, 0.1) is 0 Å². The lowest BCUT2D eigenvalue weighted by molar-refractivity contribution is -0.192. The molecule has 1 heterocycles. The van der Waals surface area contributed by atoms with Crippen LogP contribution in [0.4, 0.5) is 26.3 Å². The van der Waals surface area contributed by atoms with Gasteiger partial charge in [-0.25, -0.2) is 4.79 Å². The summed E-state index contributed by atoms with van der Waals surface area (Å²) in [4.78, 5) is 61.2. The minimum atomic E-state index is -5.08. The first kappa shape index (κ1) is 42.1. The summed E-state index contributed by atoms with van der Waals surface area (Å²) in [6, 6.07) is 5.40. The summed E-state index contributed by atoms with van der Waals surface area (Å²) < 4.78 is 70.2. The molecular formula is C29H42F6N6O7. The molecular weight excluding hydrogens is 658 g/mol. The summed E-state index contributed by atoms with van der Waals surface area (Å²) in [5, 5.41) is 21.6. The molecule has 0 bridgehead atoms. The third kappa shape index (κ3) is 15.3. The number of nitrogens with zero attached hydrogens (tertiary/aromatic N) is 1. The molecule has 3 atom stereocenters. The SMILES string of the molecule is NCCCCC(NC(=O)C(CCCC(F)(F)F)NC(=O)C(N)Cc1ccccc1)C(=O)N1CCC(N)(C(=O)O)CC1.O=C(O)C(F)(F)F. The minimum Gasteiger partial charge on any atom is -0.480 e. The van der Waals surface area contributed by atoms with Crippen molar-refractivity contribution in [3.63, 3.8) is 0 Å². The average Bonchev–Trinajstić information content (AvgIpc) is 2.99. The Morgan fingerprint density at radius 2 is 1.38 bits per heavy atom. The molecule has 272 valence electrons. The number of halogens is 6. The smallest absolute Gasteiger partial charge is 0.480 e. The van der Waals surface area contributed by atoms with E-state index in [0.29, 0.717) is 19.4 Å². The van der Waals surface area contributed by atoms with E-state index in [0.717, 1.165) is 5.56 Å². The molecule has 1 aromatic carbocycles. The summed E-state index contributed by atoms with van der Waals surface area (Å²) in [6.45, 7) is 0.470. The molecule has 13 nitrogen and oxygen atoms in total. The second kappa shape index (κ2) is 19.1. The van der Waals surface area contributed by atoms with E-state index in [1.807, 2.05) is 0 Å². The van der Waals surface area contributed by atoms with Gasteiger partial charge in [0.1, 0.15) is 17.6 Å². The van der Waals surface area contributed by atoms with Crippen molar-refractivity contribution < 1.29 is 60.5 Å². The maximum Gasteiger partial charge on any atom is 0.490 e. The first-order chi connectivity index (χ1) is 22.2. The van der Waals surface area contributed by atoms with Crippen LogP contribution in [0.5, 0.6) is 0 Å². The van der Waals surface area contributed by atoms with Crippen LogP contribution in [0.1, 0.15) is 56.9 Å². The van der Waals surface area contributed by atoms with Crippen molar-refractivity contribution >= 4 is 29.7 Å². The van der Waals surface area contributed by atoms with Crippen LogP contribution < -0.4 is 27.8 Å². The van der Waals surface area contributed by atoms with Crippen LogP contribution in [-0.2, 0) is 30.4 Å². The molecule has 3 amide bonds. The minimum absolute atomic E-state index is 0.0208. The topological polar surface area (TPSA) is 231 Å². The highest BCUT2D eigenvalue weighted by Crippen LogP contribution is 2.24. The van der Waals surface area contributed by atoms with Crippen molar-refractivity contribution in [2.24, 2.45) is 17.2 Å². The molecule has 1 aliphatic heterocycles. The molecule has 0 aromatic heterocycles. The molecule has 0 spiro atoms. The molecule has 0 radical (unpaired) electrons. The number of alkyl halides is 6. The van der Waals surface area contributed by atoms with Gasteiger partial charge >= 0.3 is 24.3 Å². The maximum atomic E-state index is 13.3. The Labute approximate surface area is 272 Å². The van der Waals surface area contributed by atoms with E-state index in [2.05, 4.69) is 10.6 Å². The second-order valence-corrected chi connectivity index (χ2v) is 11.3. The second-order valence-electron chi connectivity index (χ2n) is 11.3. The van der Waals surface area contributed by atoms with Gasteiger partial charge in [-0.2, -0.15) is 26.3 Å². The molecule has 1 aliphatic rings. The maximum absolute atomic E-state index is 13.3. The molecule has 10 N–H and O–H groups in total. The molecule has 2 rings (SSSR count). The summed E-state index contributed by atoms with van der Waals surface area (Å²) in [6.07, 6.45) is -10.0. The number of unbranched alkanes of at least 4 members (excludes halogenated alkanes) is 1. The molecule has 1 fully saturated rings. The van der Waals surface area contributed by atoms with Crippen molar-refractivity contribution in [2.45, 2.75) is 93.8 Å². The van der Waals surface area contributed by atoms with E-state index in [1.165, 1.54) is 4.90 Å². The zero-order valence-corrected chi connectivity index (χ0v) is 26.0. The highest BCUT2D eigenvalue weighted by Gasteiger charge is 2.41. The number of piperidine rings is 1. The highest BCUT2D eigenvalue weighted by atomic mass is 19.4. The summed E-state index contributed by atoms with van der Waals surface area (Å²) in [5.41, 5.74) is 16.8. The van der Waals surface area contributed by atoms with Gasteiger partial charge in [-0.15, -0.1) is 0 Å². The first-order valence-corrected chi connectivity index (χ1v) is 15.0. The van der Waals surface area contributed by atoms with Crippen molar-refractivity contribution in [3.8, 4) is 0 Å². The normalized spacial score (nSPS) is 16.4. The van der Waals surface area contributed by atoms with Crippen LogP contribution in [0.25, 0.3) is 0 Å².